The Hall–Kier alpha value is -0.653. The lowest BCUT2D eigenvalue weighted by Crippen LogP contribution is -2.27. The molecule has 0 aliphatic rings. The molecule has 0 unspecified atom stereocenters. The molecule has 0 heterocycles. The number of carbonyl (C=O) groups excluding carboxylic acids is 1. The molecule has 0 aliphatic heterocycles. The summed E-state index contributed by atoms with van der Waals surface area (Å²) >= 11 is 0. The monoisotopic (exact) mass is 288 g/mol. The highest BCUT2D eigenvalue weighted by Crippen LogP contribution is 2.07. The minimum atomic E-state index is -1.63. The average Bonchev–Trinajstić information content (AvgIpc) is 2.35. The largest absolute Gasteiger partial charge is 0.463 e. The van der Waals surface area contributed by atoms with Crippen LogP contribution < -0.4 is 0 Å². The van der Waals surface area contributed by atoms with E-state index in [9.17, 15) is 4.79 Å². The Labute approximate surface area is 119 Å². The van der Waals surface area contributed by atoms with E-state index in [1.54, 1.807) is 0 Å². The fraction of sp³-hybridized carbons (Fsp3) is 0.786. The van der Waals surface area contributed by atoms with Crippen molar-refractivity contribution in [2.75, 3.05) is 19.8 Å². The smallest absolute Gasteiger partial charge is 0.330 e. The van der Waals surface area contributed by atoms with Crippen LogP contribution in [0.4, 0.5) is 0 Å². The van der Waals surface area contributed by atoms with E-state index < -0.39 is 9.28 Å². The molecule has 0 spiro atoms. The topological polar surface area (TPSA) is 44.8 Å². The van der Waals surface area contributed by atoms with Gasteiger partial charge < -0.3 is 13.6 Å². The van der Waals surface area contributed by atoms with Crippen molar-refractivity contribution in [2.45, 2.75) is 40.2 Å². The fourth-order valence-electron chi connectivity index (χ4n) is 1.30. The Bertz CT molecular complexity index is 242. The molecule has 0 aromatic heterocycles. The maximum Gasteiger partial charge on any atom is 0.330 e. The van der Waals surface area contributed by atoms with Gasteiger partial charge in [0.15, 0.2) is 0 Å². The van der Waals surface area contributed by atoms with E-state index in [4.69, 9.17) is 13.6 Å². The third kappa shape index (κ3) is 12.1. The Balaban J connectivity index is 3.89. The van der Waals surface area contributed by atoms with Gasteiger partial charge >= 0.3 is 15.3 Å². The lowest BCUT2D eigenvalue weighted by Gasteiger charge is -2.19. The van der Waals surface area contributed by atoms with Crippen molar-refractivity contribution in [1.29, 1.82) is 0 Å². The zero-order chi connectivity index (χ0) is 14.7. The third-order valence-electron chi connectivity index (χ3n) is 2.23. The van der Waals surface area contributed by atoms with Crippen LogP contribution >= 0.6 is 0 Å². The molecule has 0 radical (unpaired) electrons. The van der Waals surface area contributed by atoms with Gasteiger partial charge in [0.2, 0.25) is 0 Å². The lowest BCUT2D eigenvalue weighted by atomic mass is 10.2. The number of rotatable bonds is 11. The average molecular weight is 288 g/mol. The van der Waals surface area contributed by atoms with Gasteiger partial charge in [-0.1, -0.05) is 34.3 Å². The lowest BCUT2D eigenvalue weighted by molar-refractivity contribution is -0.137. The van der Waals surface area contributed by atoms with E-state index in [1.165, 1.54) is 6.08 Å². The Kier molecular flexibility index (Phi) is 10.8. The van der Waals surface area contributed by atoms with Gasteiger partial charge in [0.25, 0.3) is 0 Å². The molecule has 0 fully saturated rings. The zero-order valence-electron chi connectivity index (χ0n) is 12.7. The highest BCUT2D eigenvalue weighted by Gasteiger charge is 2.15. The van der Waals surface area contributed by atoms with Gasteiger partial charge in [-0.25, -0.2) is 4.79 Å². The first-order valence-corrected chi connectivity index (χ1v) is 8.74. The Morgan fingerprint density at radius 1 is 1.16 bits per heavy atom. The molecule has 0 aromatic rings. The predicted molar refractivity (Wildman–Crippen MR) is 79.3 cm³/mol. The van der Waals surface area contributed by atoms with Crippen LogP contribution in [0.2, 0.25) is 6.04 Å². The molecule has 0 aromatic carbocycles. The molecule has 112 valence electrons. The van der Waals surface area contributed by atoms with E-state index in [-0.39, 0.29) is 5.97 Å². The van der Waals surface area contributed by atoms with E-state index in [0.717, 1.165) is 25.7 Å². The second kappa shape index (κ2) is 11.2. The predicted octanol–water partition coefficient (Wildman–Crippen LogP) is 2.67. The van der Waals surface area contributed by atoms with Gasteiger partial charge in [-0.2, -0.15) is 0 Å². The summed E-state index contributed by atoms with van der Waals surface area (Å²) in [6, 6.07) is 0.865. The van der Waals surface area contributed by atoms with Crippen molar-refractivity contribution in [3.8, 4) is 0 Å². The molecular formula is C14H28O4Si. The molecule has 0 aliphatic carbocycles. The van der Waals surface area contributed by atoms with Crippen LogP contribution in [-0.2, 0) is 18.4 Å². The first-order valence-electron chi connectivity index (χ1n) is 6.98. The van der Waals surface area contributed by atoms with Gasteiger partial charge in [-0.15, -0.1) is 0 Å². The summed E-state index contributed by atoms with van der Waals surface area (Å²) < 4.78 is 16.6. The normalized spacial score (nSPS) is 11.3. The minimum Gasteiger partial charge on any atom is -0.463 e. The SMILES string of the molecule is C=CC(=O)OCCC[SiH](OCC(C)C)OCC(C)C. The third-order valence-corrected chi connectivity index (χ3v) is 4.23. The summed E-state index contributed by atoms with van der Waals surface area (Å²) in [7, 11) is -1.63. The molecular weight excluding hydrogens is 260 g/mol. The van der Waals surface area contributed by atoms with Crippen LogP contribution in [0.3, 0.4) is 0 Å². The van der Waals surface area contributed by atoms with Crippen LogP contribution in [0.5, 0.6) is 0 Å². The van der Waals surface area contributed by atoms with Crippen LogP contribution in [-0.4, -0.2) is 35.1 Å². The molecule has 0 saturated heterocycles. The summed E-state index contributed by atoms with van der Waals surface area (Å²) in [4.78, 5) is 10.9. The fourth-order valence-corrected chi connectivity index (χ4v) is 3.42. The Morgan fingerprint density at radius 2 is 1.68 bits per heavy atom. The molecule has 0 bridgehead atoms. The van der Waals surface area contributed by atoms with Crippen molar-refractivity contribution in [2.24, 2.45) is 11.8 Å². The summed E-state index contributed by atoms with van der Waals surface area (Å²) in [6.45, 7) is 13.7. The van der Waals surface area contributed by atoms with Gasteiger partial charge in [0.1, 0.15) is 0 Å². The Morgan fingerprint density at radius 3 is 2.11 bits per heavy atom. The maximum atomic E-state index is 10.9. The number of hydrogen-bond donors (Lipinski definition) is 0. The molecule has 0 atom stereocenters. The quantitative estimate of drug-likeness (QED) is 0.254. The zero-order valence-corrected chi connectivity index (χ0v) is 13.8. The molecule has 0 amide bonds. The van der Waals surface area contributed by atoms with E-state index in [0.29, 0.717) is 18.4 Å². The molecule has 4 nitrogen and oxygen atoms in total. The number of hydrogen-bond acceptors (Lipinski definition) is 4. The summed E-state index contributed by atoms with van der Waals surface area (Å²) in [6.07, 6.45) is 1.96. The first kappa shape index (κ1) is 18.3. The maximum absolute atomic E-state index is 10.9. The second-order valence-corrected chi connectivity index (χ2v) is 7.50. The van der Waals surface area contributed by atoms with E-state index in [1.807, 2.05) is 0 Å². The molecule has 0 N–H and O–H groups in total. The molecule has 0 rings (SSSR count). The molecule has 5 heteroatoms. The highest BCUT2D eigenvalue weighted by atomic mass is 28.3. The standard InChI is InChI=1S/C14H28O4Si/c1-6-14(15)16-8-7-9-19(17-10-12(2)3)18-11-13(4)5/h6,12-13,19H,1,7-11H2,2-5H3. The van der Waals surface area contributed by atoms with Crippen molar-refractivity contribution in [1.82, 2.24) is 0 Å². The number of carbonyl (C=O) groups is 1. The van der Waals surface area contributed by atoms with Gasteiger partial charge in [0.05, 0.1) is 6.61 Å². The summed E-state index contributed by atoms with van der Waals surface area (Å²) in [5.74, 6) is 0.650. The van der Waals surface area contributed by atoms with E-state index in [2.05, 4.69) is 34.3 Å². The van der Waals surface area contributed by atoms with Crippen molar-refractivity contribution in [3.63, 3.8) is 0 Å². The number of esters is 1. The molecule has 0 saturated carbocycles. The summed E-state index contributed by atoms with van der Waals surface area (Å²) in [5, 5.41) is 0. The summed E-state index contributed by atoms with van der Waals surface area (Å²) in [5.41, 5.74) is 0. The van der Waals surface area contributed by atoms with Crippen molar-refractivity contribution >= 4 is 15.3 Å². The number of ether oxygens (including phenoxy) is 1. The van der Waals surface area contributed by atoms with Crippen LogP contribution in [0.1, 0.15) is 34.1 Å². The van der Waals surface area contributed by atoms with Crippen LogP contribution in [0.15, 0.2) is 12.7 Å². The first-order chi connectivity index (χ1) is 8.95. The van der Waals surface area contributed by atoms with Crippen LogP contribution in [0.25, 0.3) is 0 Å². The minimum absolute atomic E-state index is 0.371. The van der Waals surface area contributed by atoms with Gasteiger partial charge in [0, 0.05) is 19.3 Å². The highest BCUT2D eigenvalue weighted by molar-refractivity contribution is 6.44. The van der Waals surface area contributed by atoms with Crippen molar-refractivity contribution in [3.05, 3.63) is 12.7 Å². The second-order valence-electron chi connectivity index (χ2n) is 5.40. The van der Waals surface area contributed by atoms with E-state index >= 15 is 0 Å². The molecule has 19 heavy (non-hydrogen) atoms. The van der Waals surface area contributed by atoms with Crippen molar-refractivity contribution < 1.29 is 18.4 Å². The van der Waals surface area contributed by atoms with Gasteiger partial charge in [-0.3, -0.25) is 0 Å². The van der Waals surface area contributed by atoms with Crippen LogP contribution in [0, 0.1) is 11.8 Å². The van der Waals surface area contributed by atoms with Gasteiger partial charge in [-0.05, 0) is 24.3 Å².